The van der Waals surface area contributed by atoms with E-state index in [2.05, 4.69) is 5.43 Å². The Morgan fingerprint density at radius 1 is 1.20 bits per heavy atom. The Labute approximate surface area is 203 Å². The maximum absolute atomic E-state index is 14.7. The molecular weight excluding hydrogens is 517 g/mol. The number of rotatable bonds is 8. The normalized spacial score (nSPS) is 18.9. The third-order valence-corrected chi connectivity index (χ3v) is 5.74. The molecule has 3 amide bonds. The van der Waals surface area contributed by atoms with Gasteiger partial charge >= 0.3 is 12.6 Å². The Balaban J connectivity index is 1.80. The molecule has 190 valence electrons. The molecule has 1 aliphatic rings. The number of urea groups is 1. The molecule has 1 fully saturated rings. The van der Waals surface area contributed by atoms with Gasteiger partial charge in [0.1, 0.15) is 28.7 Å². The first-order chi connectivity index (χ1) is 16.2. The number of sulfonamides is 1. The fourth-order valence-corrected chi connectivity index (χ4v) is 3.92. The highest BCUT2D eigenvalue weighted by Crippen LogP contribution is 2.39. The van der Waals surface area contributed by atoms with Crippen LogP contribution < -0.4 is 25.0 Å². The number of alkyl halides is 2. The van der Waals surface area contributed by atoms with E-state index in [-0.39, 0.29) is 32.7 Å². The average molecular weight is 537 g/mol. The zero-order valence-corrected chi connectivity index (χ0v) is 20.0. The van der Waals surface area contributed by atoms with Crippen LogP contribution in [-0.2, 0) is 20.5 Å². The van der Waals surface area contributed by atoms with Crippen LogP contribution in [-0.4, -0.2) is 44.2 Å². The van der Waals surface area contributed by atoms with Crippen LogP contribution in [0.15, 0.2) is 36.4 Å². The number of hydrogen-bond acceptors (Lipinski definition) is 7. The van der Waals surface area contributed by atoms with Crippen molar-refractivity contribution in [3.05, 3.63) is 52.8 Å². The number of benzene rings is 2. The molecule has 1 aliphatic heterocycles. The number of amides is 3. The Bertz CT molecular complexity index is 1250. The summed E-state index contributed by atoms with van der Waals surface area (Å²) in [5, 5.41) is -0.165. The zero-order chi connectivity index (χ0) is 26.1. The van der Waals surface area contributed by atoms with Gasteiger partial charge in [-0.2, -0.15) is 8.78 Å². The molecule has 35 heavy (non-hydrogen) atoms. The lowest BCUT2D eigenvalue weighted by Crippen LogP contribution is -2.50. The van der Waals surface area contributed by atoms with Crippen LogP contribution in [0.1, 0.15) is 19.4 Å². The second-order valence-corrected chi connectivity index (χ2v) is 9.77. The lowest BCUT2D eigenvalue weighted by molar-refractivity contribution is -0.125. The molecule has 0 bridgehead atoms. The molecule has 10 nitrogen and oxygen atoms in total. The van der Waals surface area contributed by atoms with Crippen LogP contribution in [0.4, 0.5) is 18.0 Å². The van der Waals surface area contributed by atoms with Crippen LogP contribution in [0.25, 0.3) is 0 Å². The minimum absolute atomic E-state index is 0.0887. The van der Waals surface area contributed by atoms with Crippen LogP contribution in [0.2, 0.25) is 5.02 Å². The molecular formula is C20H20ClF3N4O6S. The van der Waals surface area contributed by atoms with E-state index in [9.17, 15) is 31.2 Å². The van der Waals surface area contributed by atoms with Crippen molar-refractivity contribution in [2.24, 2.45) is 0 Å². The second kappa shape index (κ2) is 9.79. The molecule has 2 aromatic carbocycles. The highest BCUT2D eigenvalue weighted by Gasteiger charge is 2.49. The van der Waals surface area contributed by atoms with Crippen molar-refractivity contribution in [3.63, 3.8) is 0 Å². The van der Waals surface area contributed by atoms with Gasteiger partial charge in [0.25, 0.3) is 5.91 Å². The first kappa shape index (κ1) is 26.4. The van der Waals surface area contributed by atoms with Crippen molar-refractivity contribution in [2.45, 2.75) is 32.2 Å². The summed E-state index contributed by atoms with van der Waals surface area (Å²) < 4.78 is 76.8. The van der Waals surface area contributed by atoms with Gasteiger partial charge in [0.05, 0.1) is 11.3 Å². The van der Waals surface area contributed by atoms with Crippen molar-refractivity contribution >= 4 is 33.6 Å². The molecule has 0 radical (unpaired) electrons. The number of nitrogens with one attached hydrogen (secondary N) is 3. The monoisotopic (exact) mass is 536 g/mol. The molecule has 2 atom stereocenters. The molecule has 0 spiro atoms. The summed E-state index contributed by atoms with van der Waals surface area (Å²) in [4.78, 5) is 23.8. The third-order valence-electron chi connectivity index (χ3n) is 4.87. The fourth-order valence-electron chi connectivity index (χ4n) is 3.20. The van der Waals surface area contributed by atoms with E-state index >= 15 is 0 Å². The Morgan fingerprint density at radius 2 is 1.80 bits per heavy atom. The summed E-state index contributed by atoms with van der Waals surface area (Å²) in [5.41, 5.74) is 2.11. The fraction of sp³-hybridized carbons (Fsp3) is 0.300. The summed E-state index contributed by atoms with van der Waals surface area (Å²) in [6, 6.07) is 6.48. The van der Waals surface area contributed by atoms with Gasteiger partial charge in [-0.15, -0.1) is 0 Å². The molecule has 0 aliphatic carbocycles. The van der Waals surface area contributed by atoms with Crippen molar-refractivity contribution < 1.29 is 40.7 Å². The Kier molecular flexibility index (Phi) is 7.38. The molecule has 0 saturated carbocycles. The number of ether oxygens (including phenoxy) is 2. The van der Waals surface area contributed by atoms with Gasteiger partial charge in [0.2, 0.25) is 10.0 Å². The van der Waals surface area contributed by atoms with E-state index in [1.54, 1.807) is 4.72 Å². The van der Waals surface area contributed by atoms with E-state index < -0.39 is 46.1 Å². The summed E-state index contributed by atoms with van der Waals surface area (Å²) >= 11 is 6.07. The molecule has 15 heteroatoms. The molecule has 1 heterocycles. The minimum atomic E-state index is -3.75. The summed E-state index contributed by atoms with van der Waals surface area (Å²) in [6.45, 7) is -0.700. The maximum Gasteiger partial charge on any atom is 0.337 e. The van der Waals surface area contributed by atoms with Crippen molar-refractivity contribution in [1.82, 2.24) is 20.5 Å². The Morgan fingerprint density at radius 3 is 2.37 bits per heavy atom. The van der Waals surface area contributed by atoms with Crippen LogP contribution >= 0.6 is 11.6 Å². The summed E-state index contributed by atoms with van der Waals surface area (Å²) in [6.07, 6.45) is -0.294. The van der Waals surface area contributed by atoms with Gasteiger partial charge in [-0.1, -0.05) is 11.6 Å². The maximum atomic E-state index is 14.7. The number of hydrogen-bond donors (Lipinski definition) is 3. The van der Waals surface area contributed by atoms with Crippen LogP contribution in [0.3, 0.4) is 0 Å². The predicted molar refractivity (Wildman–Crippen MR) is 118 cm³/mol. The second-order valence-electron chi connectivity index (χ2n) is 7.61. The van der Waals surface area contributed by atoms with Crippen LogP contribution in [0, 0.1) is 5.82 Å². The average Bonchev–Trinajstić information content (AvgIpc) is 3.05. The molecule has 2 aromatic rings. The van der Waals surface area contributed by atoms with Crippen molar-refractivity contribution in [3.8, 4) is 17.2 Å². The smallest absolute Gasteiger partial charge is 0.337 e. The lowest BCUT2D eigenvalue weighted by atomic mass is 10.00. The van der Waals surface area contributed by atoms with Gasteiger partial charge in [-0.25, -0.2) is 27.9 Å². The predicted octanol–water partition coefficient (Wildman–Crippen LogP) is 3.04. The zero-order valence-electron chi connectivity index (χ0n) is 18.4. The number of halogens is 4. The van der Waals surface area contributed by atoms with Gasteiger partial charge < -0.3 is 9.47 Å². The van der Waals surface area contributed by atoms with Gasteiger partial charge in [-0.3, -0.25) is 14.9 Å². The van der Waals surface area contributed by atoms with Gasteiger partial charge in [0, 0.05) is 5.56 Å². The Hall–Kier alpha value is -3.23. The highest BCUT2D eigenvalue weighted by atomic mass is 35.5. The quantitative estimate of drug-likeness (QED) is 0.443. The number of nitrogens with zero attached hydrogens (tertiary/aromatic N) is 1. The number of carbonyl (C=O) groups excluding carboxylic acids is 2. The first-order valence-electron chi connectivity index (χ1n) is 9.81. The highest BCUT2D eigenvalue weighted by molar-refractivity contribution is 7.89. The molecule has 3 rings (SSSR count). The molecule has 3 N–H and O–H groups in total. The minimum Gasteiger partial charge on any atom is -0.481 e. The van der Waals surface area contributed by atoms with Crippen molar-refractivity contribution in [2.75, 3.05) is 6.26 Å². The number of hydrazine groups is 1. The molecule has 1 saturated heterocycles. The van der Waals surface area contributed by atoms with E-state index in [1.807, 2.05) is 5.43 Å². The summed E-state index contributed by atoms with van der Waals surface area (Å²) in [5.74, 6) is -1.51. The summed E-state index contributed by atoms with van der Waals surface area (Å²) in [7, 11) is -3.75. The van der Waals surface area contributed by atoms with E-state index in [4.69, 9.17) is 21.1 Å². The van der Waals surface area contributed by atoms with Crippen molar-refractivity contribution in [1.29, 1.82) is 0 Å². The van der Waals surface area contributed by atoms with Gasteiger partial charge in [0.15, 0.2) is 6.10 Å². The SMILES string of the molecule is CC(Oc1ccc(Oc2cc(C3(C)NNC(=O)N3C(F)F)c(F)cc2Cl)cc1)C(=O)NS(C)(=O)=O. The van der Waals surface area contributed by atoms with Gasteiger partial charge in [-0.05, 0) is 50.2 Å². The van der Waals surface area contributed by atoms with E-state index in [0.717, 1.165) is 18.4 Å². The molecule has 2 unspecified atom stereocenters. The van der Waals surface area contributed by atoms with E-state index in [0.29, 0.717) is 0 Å². The van der Waals surface area contributed by atoms with E-state index in [1.165, 1.54) is 38.1 Å². The van der Waals surface area contributed by atoms with Crippen LogP contribution in [0.5, 0.6) is 17.2 Å². The standard InChI is InChI=1S/C20H20ClF3N4O6S/c1-10(17(29)26-35(3,31)32)33-11-4-6-12(7-5-11)34-16-8-13(15(22)9-14(16)21)20(2)27-25-19(30)28(20)18(23)24/h4-10,18,27H,1-3H3,(H,25,30)(H,26,29). The third kappa shape index (κ3) is 5.89. The first-order valence-corrected chi connectivity index (χ1v) is 12.1. The molecule has 0 aromatic heterocycles. The number of carbonyl (C=O) groups is 2. The lowest BCUT2D eigenvalue weighted by Gasteiger charge is -2.33. The largest absolute Gasteiger partial charge is 0.481 e. The topological polar surface area (TPSA) is 126 Å².